The number of allylic oxidation sites excluding steroid dienone is 2. The average molecular weight is 196 g/mol. The summed E-state index contributed by atoms with van der Waals surface area (Å²) in [5, 5.41) is 0. The lowest BCUT2D eigenvalue weighted by Crippen LogP contribution is -2.31. The fourth-order valence-corrected chi connectivity index (χ4v) is 2.83. The number of fused-ring (bicyclic) bond motifs is 2. The minimum atomic E-state index is -0.0797. The summed E-state index contributed by atoms with van der Waals surface area (Å²) >= 11 is 0. The van der Waals surface area contributed by atoms with Crippen molar-refractivity contribution in [1.82, 2.24) is 0 Å². The van der Waals surface area contributed by atoms with Crippen LogP contribution in [0.25, 0.3) is 0 Å². The summed E-state index contributed by atoms with van der Waals surface area (Å²) in [6, 6.07) is 0. The Kier molecular flexibility index (Phi) is 2.59. The van der Waals surface area contributed by atoms with Crippen molar-refractivity contribution in [3.05, 3.63) is 12.2 Å². The maximum absolute atomic E-state index is 11.6. The molecule has 0 saturated heterocycles. The molecule has 3 nitrogen and oxygen atoms in total. The zero-order valence-corrected chi connectivity index (χ0v) is 8.60. The molecule has 0 aliphatic heterocycles. The van der Waals surface area contributed by atoms with Crippen LogP contribution < -0.4 is 0 Å². The van der Waals surface area contributed by atoms with Crippen LogP contribution in [-0.4, -0.2) is 26.8 Å². The molecule has 0 aromatic heterocycles. The summed E-state index contributed by atoms with van der Waals surface area (Å²) in [7, 11) is 3.14. The molecule has 1 fully saturated rings. The third-order valence-corrected chi connectivity index (χ3v) is 3.45. The topological polar surface area (TPSA) is 35.5 Å². The smallest absolute Gasteiger partial charge is 0.309 e. The van der Waals surface area contributed by atoms with Gasteiger partial charge in [-0.1, -0.05) is 12.2 Å². The zero-order chi connectivity index (χ0) is 10.1. The van der Waals surface area contributed by atoms with Crippen LogP contribution in [0.15, 0.2) is 12.2 Å². The first kappa shape index (κ1) is 9.71. The van der Waals surface area contributed by atoms with Gasteiger partial charge in [0.25, 0.3) is 0 Å². The fourth-order valence-electron chi connectivity index (χ4n) is 2.83. The quantitative estimate of drug-likeness (QED) is 0.503. The van der Waals surface area contributed by atoms with Gasteiger partial charge in [-0.15, -0.1) is 0 Å². The number of esters is 1. The van der Waals surface area contributed by atoms with Crippen LogP contribution in [0.2, 0.25) is 0 Å². The summed E-state index contributed by atoms with van der Waals surface area (Å²) < 4.78 is 10.00. The van der Waals surface area contributed by atoms with Crippen molar-refractivity contribution < 1.29 is 14.3 Å². The molecule has 0 spiro atoms. The summed E-state index contributed by atoms with van der Waals surface area (Å²) in [5.41, 5.74) is 0. The molecule has 1 saturated carbocycles. The van der Waals surface area contributed by atoms with E-state index in [1.54, 1.807) is 7.11 Å². The van der Waals surface area contributed by atoms with Crippen LogP contribution in [0.5, 0.6) is 0 Å². The van der Waals surface area contributed by atoms with Gasteiger partial charge in [0, 0.05) is 13.0 Å². The second-order valence-corrected chi connectivity index (χ2v) is 4.12. The van der Waals surface area contributed by atoms with Crippen LogP contribution in [0.1, 0.15) is 6.42 Å². The van der Waals surface area contributed by atoms with Crippen LogP contribution >= 0.6 is 0 Å². The van der Waals surface area contributed by atoms with E-state index < -0.39 is 0 Å². The molecule has 78 valence electrons. The van der Waals surface area contributed by atoms with Crippen molar-refractivity contribution in [1.29, 1.82) is 0 Å². The number of ether oxygens (including phenoxy) is 2. The summed E-state index contributed by atoms with van der Waals surface area (Å²) in [5.74, 6) is 1.16. The van der Waals surface area contributed by atoms with Gasteiger partial charge in [-0.3, -0.25) is 4.79 Å². The van der Waals surface area contributed by atoms with Crippen molar-refractivity contribution in [2.75, 3.05) is 20.8 Å². The molecule has 2 aliphatic carbocycles. The van der Waals surface area contributed by atoms with Gasteiger partial charge in [0.1, 0.15) is 0 Å². The molecule has 14 heavy (non-hydrogen) atoms. The molecule has 4 atom stereocenters. The monoisotopic (exact) mass is 196 g/mol. The molecule has 2 bridgehead atoms. The third-order valence-electron chi connectivity index (χ3n) is 3.45. The first-order valence-electron chi connectivity index (χ1n) is 5.03. The van der Waals surface area contributed by atoms with Gasteiger partial charge in [-0.05, 0) is 18.3 Å². The van der Waals surface area contributed by atoms with Gasteiger partial charge >= 0.3 is 5.97 Å². The first-order valence-corrected chi connectivity index (χ1v) is 5.03. The molecule has 4 unspecified atom stereocenters. The average Bonchev–Trinajstić information content (AvgIpc) is 2.77. The number of hydrogen-bond donors (Lipinski definition) is 0. The molecule has 2 aliphatic rings. The van der Waals surface area contributed by atoms with Crippen molar-refractivity contribution in [3.8, 4) is 0 Å². The lowest BCUT2D eigenvalue weighted by Gasteiger charge is -2.24. The summed E-state index contributed by atoms with van der Waals surface area (Å²) in [6.07, 6.45) is 5.46. The first-order chi connectivity index (χ1) is 6.77. The molecule has 0 amide bonds. The number of carbonyl (C=O) groups excluding carboxylic acids is 1. The molecule has 0 radical (unpaired) electrons. The fraction of sp³-hybridized carbons (Fsp3) is 0.727. The predicted octanol–water partition coefficient (Wildman–Crippen LogP) is 1.24. The van der Waals surface area contributed by atoms with E-state index in [9.17, 15) is 4.79 Å². The Labute approximate surface area is 84.1 Å². The minimum absolute atomic E-state index is 0.0231. The number of hydrogen-bond acceptors (Lipinski definition) is 3. The van der Waals surface area contributed by atoms with Crippen molar-refractivity contribution >= 4 is 5.97 Å². The van der Waals surface area contributed by atoms with Crippen molar-refractivity contribution in [2.45, 2.75) is 6.42 Å². The predicted molar refractivity (Wildman–Crippen MR) is 51.6 cm³/mol. The summed E-state index contributed by atoms with van der Waals surface area (Å²) in [4.78, 5) is 11.6. The van der Waals surface area contributed by atoms with E-state index in [0.717, 1.165) is 6.42 Å². The molecule has 0 heterocycles. The minimum Gasteiger partial charge on any atom is -0.469 e. The van der Waals surface area contributed by atoms with E-state index in [1.165, 1.54) is 7.11 Å². The molecule has 0 N–H and O–H groups in total. The van der Waals surface area contributed by atoms with Crippen molar-refractivity contribution in [2.24, 2.45) is 23.7 Å². The highest BCUT2D eigenvalue weighted by Crippen LogP contribution is 2.48. The molecule has 2 rings (SSSR count). The zero-order valence-electron chi connectivity index (χ0n) is 8.60. The standard InChI is InChI=1S/C11H16O3/c1-13-6-9-7-3-4-8(5-7)10(9)11(12)14-2/h3-4,7-10H,5-6H2,1-2H3. The normalized spacial score (nSPS) is 39.0. The van der Waals surface area contributed by atoms with E-state index in [2.05, 4.69) is 12.2 Å². The van der Waals surface area contributed by atoms with Crippen LogP contribution in [0, 0.1) is 23.7 Å². The highest BCUT2D eigenvalue weighted by Gasteiger charge is 2.48. The molecule has 0 aromatic carbocycles. The highest BCUT2D eigenvalue weighted by atomic mass is 16.5. The Balaban J connectivity index is 2.13. The Morgan fingerprint density at radius 3 is 2.71 bits per heavy atom. The van der Waals surface area contributed by atoms with Crippen LogP contribution in [0.3, 0.4) is 0 Å². The van der Waals surface area contributed by atoms with E-state index in [-0.39, 0.29) is 11.9 Å². The Morgan fingerprint density at radius 1 is 1.36 bits per heavy atom. The van der Waals surface area contributed by atoms with Gasteiger partial charge < -0.3 is 9.47 Å². The third kappa shape index (κ3) is 1.36. The van der Waals surface area contributed by atoms with Crippen molar-refractivity contribution in [3.63, 3.8) is 0 Å². The van der Waals surface area contributed by atoms with Crippen LogP contribution in [-0.2, 0) is 14.3 Å². The maximum Gasteiger partial charge on any atom is 0.309 e. The molecular formula is C11H16O3. The van der Waals surface area contributed by atoms with E-state index in [1.807, 2.05) is 0 Å². The Morgan fingerprint density at radius 2 is 2.07 bits per heavy atom. The van der Waals surface area contributed by atoms with Crippen LogP contribution in [0.4, 0.5) is 0 Å². The lowest BCUT2D eigenvalue weighted by molar-refractivity contribution is -0.148. The van der Waals surface area contributed by atoms with E-state index in [4.69, 9.17) is 9.47 Å². The SMILES string of the molecule is COCC1C2C=CC(C2)C1C(=O)OC. The Bertz CT molecular complexity index is 259. The second kappa shape index (κ2) is 3.73. The summed E-state index contributed by atoms with van der Waals surface area (Å²) in [6.45, 7) is 0.658. The molecular weight excluding hydrogens is 180 g/mol. The largest absolute Gasteiger partial charge is 0.469 e. The molecule has 0 aromatic rings. The van der Waals surface area contributed by atoms with Gasteiger partial charge in [0.15, 0.2) is 0 Å². The highest BCUT2D eigenvalue weighted by molar-refractivity contribution is 5.74. The maximum atomic E-state index is 11.6. The lowest BCUT2D eigenvalue weighted by atomic mass is 9.83. The number of methoxy groups -OCH3 is 2. The molecule has 3 heteroatoms. The van der Waals surface area contributed by atoms with E-state index >= 15 is 0 Å². The van der Waals surface area contributed by atoms with Gasteiger partial charge in [0.2, 0.25) is 0 Å². The number of carbonyl (C=O) groups is 1. The number of rotatable bonds is 3. The van der Waals surface area contributed by atoms with E-state index in [0.29, 0.717) is 24.4 Å². The Hall–Kier alpha value is -0.830. The van der Waals surface area contributed by atoms with Gasteiger partial charge in [-0.25, -0.2) is 0 Å². The van der Waals surface area contributed by atoms with Gasteiger partial charge in [0.05, 0.1) is 19.6 Å². The second-order valence-electron chi connectivity index (χ2n) is 4.12. The van der Waals surface area contributed by atoms with Gasteiger partial charge in [-0.2, -0.15) is 0 Å².